The van der Waals surface area contributed by atoms with Crippen LogP contribution >= 0.6 is 0 Å². The molecule has 4 heterocycles. The first-order chi connectivity index (χ1) is 19.1. The number of fused-ring (bicyclic) bond motifs is 3. The standard InChI is InChI=1S/C20H12N3O.C14H14N.Ir/c1-2-6-15(7-3-1)22-12-13-23(14-22)18-10-4-8-16-17-9-5-11-21-20(17)24-19(16)18;1-10-4-6-13(7-5-10)14-8-11(2)12(3)9-15-14;/h1-9,11-13H;4-6,8-9H,1-3H3;/q+1;-1;. The third-order valence-corrected chi connectivity index (χ3v) is 6.66. The molecule has 40 heavy (non-hydrogen) atoms. The Morgan fingerprint density at radius 3 is 2.40 bits per heavy atom. The van der Waals surface area contributed by atoms with Crippen molar-refractivity contribution in [3.05, 3.63) is 132 Å². The Morgan fingerprint density at radius 2 is 1.62 bits per heavy atom. The van der Waals surface area contributed by atoms with Gasteiger partial charge >= 0.3 is 6.01 Å². The molecule has 1 aliphatic heterocycles. The molecule has 0 N–H and O–H groups in total. The third-order valence-electron chi connectivity index (χ3n) is 6.66. The topological polar surface area (TPSA) is 44.9 Å². The van der Waals surface area contributed by atoms with Crippen molar-refractivity contribution in [1.82, 2.24) is 9.97 Å². The molecule has 197 valence electrons. The Bertz CT molecular complexity index is 1920. The van der Waals surface area contributed by atoms with Gasteiger partial charge < -0.3 is 9.40 Å². The number of aryl methyl sites for hydroxylation is 3. The molecule has 0 spiro atoms. The van der Waals surface area contributed by atoms with E-state index in [9.17, 15) is 0 Å². The number of rotatable bonds is 3. The molecule has 6 aromatic rings. The van der Waals surface area contributed by atoms with Crippen LogP contribution in [0.3, 0.4) is 0 Å². The van der Waals surface area contributed by atoms with Gasteiger partial charge in [0.05, 0.1) is 5.58 Å². The molecule has 0 aliphatic carbocycles. The van der Waals surface area contributed by atoms with E-state index in [2.05, 4.69) is 67.1 Å². The monoisotopic (exact) mass is 699 g/mol. The molecule has 1 aliphatic rings. The van der Waals surface area contributed by atoms with Gasteiger partial charge in [-0.3, -0.25) is 0 Å². The van der Waals surface area contributed by atoms with Gasteiger partial charge in [0.15, 0.2) is 5.69 Å². The Kier molecular flexibility index (Phi) is 7.95. The number of pyridine rings is 2. The van der Waals surface area contributed by atoms with Crippen LogP contribution < -0.4 is 0 Å². The fourth-order valence-corrected chi connectivity index (χ4v) is 4.35. The number of aromatic nitrogens is 2. The van der Waals surface area contributed by atoms with Crippen molar-refractivity contribution in [2.45, 2.75) is 20.8 Å². The molecule has 1 radical (unpaired) electrons. The normalized spacial score (nSPS) is 12.0. The number of nitrogens with zero attached hydrogens (tertiary/aromatic N) is 4. The smallest absolute Gasteiger partial charge is 0.495 e. The summed E-state index contributed by atoms with van der Waals surface area (Å²) in [5.41, 5.74) is 9.05. The molecule has 3 aromatic carbocycles. The van der Waals surface area contributed by atoms with Crippen molar-refractivity contribution >= 4 is 39.5 Å². The van der Waals surface area contributed by atoms with Crippen molar-refractivity contribution in [3.63, 3.8) is 0 Å². The first-order valence-corrected chi connectivity index (χ1v) is 12.7. The van der Waals surface area contributed by atoms with Gasteiger partial charge in [0.25, 0.3) is 12.4 Å². The van der Waals surface area contributed by atoms with Crippen LogP contribution in [0, 0.1) is 32.9 Å². The minimum absolute atomic E-state index is 0. The van der Waals surface area contributed by atoms with Gasteiger partial charge in [0, 0.05) is 50.0 Å². The number of hydrogen-bond acceptors (Lipinski definition) is 3. The molecular weight excluding hydrogens is 673 g/mol. The van der Waals surface area contributed by atoms with E-state index in [0.29, 0.717) is 5.71 Å². The molecule has 0 unspecified atom stereocenters. The second kappa shape index (κ2) is 11.7. The van der Waals surface area contributed by atoms with E-state index in [0.717, 1.165) is 39.0 Å². The summed E-state index contributed by atoms with van der Waals surface area (Å²) in [5.74, 6) is 0. The second-order valence-corrected chi connectivity index (χ2v) is 9.43. The predicted octanol–water partition coefficient (Wildman–Crippen LogP) is 7.90. The molecular formula is C34H26IrN4O. The van der Waals surface area contributed by atoms with E-state index in [-0.39, 0.29) is 20.1 Å². The number of benzene rings is 3. The first kappa shape index (κ1) is 27.1. The molecule has 0 saturated carbocycles. The van der Waals surface area contributed by atoms with Crippen LogP contribution in [0.5, 0.6) is 0 Å². The maximum atomic E-state index is 5.96. The molecule has 0 saturated heterocycles. The minimum atomic E-state index is 0. The molecule has 7 rings (SSSR count). The first-order valence-electron chi connectivity index (χ1n) is 12.7. The van der Waals surface area contributed by atoms with Crippen molar-refractivity contribution in [2.75, 3.05) is 0 Å². The zero-order chi connectivity index (χ0) is 26.8. The van der Waals surface area contributed by atoms with E-state index in [1.165, 1.54) is 16.7 Å². The number of para-hydroxylation sites is 1. The average Bonchev–Trinajstić information content (AvgIpc) is 3.61. The zero-order valence-corrected chi connectivity index (χ0v) is 24.7. The van der Waals surface area contributed by atoms with E-state index < -0.39 is 0 Å². The van der Waals surface area contributed by atoms with Gasteiger partial charge in [-0.05, 0) is 37.2 Å². The number of hydrogen-bond donors (Lipinski definition) is 0. The SMILES string of the molecule is C1=[N+](c2ccccc2)C=C[N+]=1c1[c-]ccc2c1oc1ncccc12.Cc1c[c-]c(-c2cc(C)c(C)cn2)cc1.[Ir]. The maximum absolute atomic E-state index is 5.96. The van der Waals surface area contributed by atoms with E-state index in [4.69, 9.17) is 4.42 Å². The molecule has 3 aromatic heterocycles. The third kappa shape index (κ3) is 5.47. The summed E-state index contributed by atoms with van der Waals surface area (Å²) in [6, 6.07) is 36.0. The Balaban J connectivity index is 0.000000175. The maximum Gasteiger partial charge on any atom is 0.500 e. The number of furan rings is 1. The quantitative estimate of drug-likeness (QED) is 0.140. The summed E-state index contributed by atoms with van der Waals surface area (Å²) in [5, 5.41) is 2.03. The minimum Gasteiger partial charge on any atom is -0.495 e. The van der Waals surface area contributed by atoms with Crippen LogP contribution in [0.2, 0.25) is 0 Å². The van der Waals surface area contributed by atoms with E-state index in [1.807, 2.05) is 88.4 Å². The molecule has 6 heteroatoms. The van der Waals surface area contributed by atoms with Gasteiger partial charge in [-0.1, -0.05) is 51.3 Å². The summed E-state index contributed by atoms with van der Waals surface area (Å²) in [6.45, 7) is 6.24. The predicted molar refractivity (Wildman–Crippen MR) is 154 cm³/mol. The van der Waals surface area contributed by atoms with Crippen LogP contribution in [0.25, 0.3) is 33.3 Å². The Hall–Kier alpha value is -4.47. The van der Waals surface area contributed by atoms with E-state index in [1.54, 1.807) is 6.20 Å². The average molecular weight is 699 g/mol. The van der Waals surface area contributed by atoms with Crippen LogP contribution in [0.4, 0.5) is 11.4 Å². The summed E-state index contributed by atoms with van der Waals surface area (Å²) < 4.78 is 9.79. The summed E-state index contributed by atoms with van der Waals surface area (Å²) in [7, 11) is 0. The van der Waals surface area contributed by atoms with Crippen LogP contribution in [-0.2, 0) is 20.1 Å². The Morgan fingerprint density at radius 1 is 0.800 bits per heavy atom. The molecule has 0 fully saturated rings. The van der Waals surface area contributed by atoms with Crippen LogP contribution in [-0.4, -0.2) is 25.1 Å². The van der Waals surface area contributed by atoms with Crippen LogP contribution in [0.15, 0.2) is 108 Å². The largest absolute Gasteiger partial charge is 0.500 e. The molecule has 0 atom stereocenters. The fraction of sp³-hybridized carbons (Fsp3) is 0.0882. The van der Waals surface area contributed by atoms with Gasteiger partial charge in [-0.15, -0.1) is 41.5 Å². The van der Waals surface area contributed by atoms with Gasteiger partial charge in [0.2, 0.25) is 11.4 Å². The molecule has 0 amide bonds. The summed E-state index contributed by atoms with van der Waals surface area (Å²) in [4.78, 5) is 8.71. The fourth-order valence-electron chi connectivity index (χ4n) is 4.35. The van der Waals surface area contributed by atoms with Gasteiger partial charge in [-0.2, -0.15) is 12.1 Å². The zero-order valence-electron chi connectivity index (χ0n) is 22.3. The summed E-state index contributed by atoms with van der Waals surface area (Å²) >= 11 is 0. The van der Waals surface area contributed by atoms with Gasteiger partial charge in [0.1, 0.15) is 0 Å². The van der Waals surface area contributed by atoms with Crippen molar-refractivity contribution in [3.8, 4) is 11.3 Å². The van der Waals surface area contributed by atoms with Gasteiger partial charge in [-0.25, -0.2) is 4.98 Å². The summed E-state index contributed by atoms with van der Waals surface area (Å²) in [6.07, 6.45) is 7.55. The van der Waals surface area contributed by atoms with Crippen molar-refractivity contribution in [1.29, 1.82) is 0 Å². The second-order valence-electron chi connectivity index (χ2n) is 9.43. The van der Waals surface area contributed by atoms with Crippen molar-refractivity contribution in [2.24, 2.45) is 0 Å². The van der Waals surface area contributed by atoms with Crippen LogP contribution in [0.1, 0.15) is 16.7 Å². The molecule has 5 nitrogen and oxygen atoms in total. The van der Waals surface area contributed by atoms with E-state index >= 15 is 0 Å². The Labute approximate surface area is 246 Å². The molecule has 0 bridgehead atoms. The van der Waals surface area contributed by atoms with Crippen molar-refractivity contribution < 1.29 is 33.7 Å².